The highest BCUT2D eigenvalue weighted by Crippen LogP contribution is 2.11. The molecule has 0 unspecified atom stereocenters. The number of hydrogen-bond donors (Lipinski definition) is 1. The summed E-state index contributed by atoms with van der Waals surface area (Å²) in [5, 5.41) is 0.354. The van der Waals surface area contributed by atoms with E-state index in [-0.39, 0.29) is 5.69 Å². The van der Waals surface area contributed by atoms with Crippen molar-refractivity contribution >= 4 is 10.9 Å². The molecule has 0 aliphatic rings. The highest BCUT2D eigenvalue weighted by Gasteiger charge is 2.12. The number of hydrogen-bond acceptors (Lipinski definition) is 2. The zero-order valence-electron chi connectivity index (χ0n) is 10.7. The number of halogens is 1. The molecule has 0 fully saturated rings. The van der Waals surface area contributed by atoms with Crippen molar-refractivity contribution < 1.29 is 4.39 Å². The predicted octanol–water partition coefficient (Wildman–Crippen LogP) is 2.13. The fourth-order valence-corrected chi connectivity index (χ4v) is 2.18. The lowest BCUT2D eigenvalue weighted by atomic mass is 10.1. The van der Waals surface area contributed by atoms with E-state index in [1.54, 1.807) is 24.3 Å². The molecule has 0 atom stereocenters. The monoisotopic (exact) mass is 270 g/mol. The Bertz CT molecular complexity index is 925. The van der Waals surface area contributed by atoms with Crippen LogP contribution in [0.1, 0.15) is 5.56 Å². The normalized spacial score (nSPS) is 10.9. The summed E-state index contributed by atoms with van der Waals surface area (Å²) in [7, 11) is 0. The first kappa shape index (κ1) is 12.3. The minimum atomic E-state index is -0.656. The summed E-state index contributed by atoms with van der Waals surface area (Å²) in [6, 6.07) is 10.8. The highest BCUT2D eigenvalue weighted by atomic mass is 19.1. The molecule has 3 rings (SSSR count). The number of para-hydroxylation sites is 1. The fourth-order valence-electron chi connectivity index (χ4n) is 2.18. The van der Waals surface area contributed by atoms with Crippen molar-refractivity contribution in [3.8, 4) is 5.69 Å². The van der Waals surface area contributed by atoms with Crippen LogP contribution in [-0.2, 0) is 0 Å². The number of rotatable bonds is 1. The molecule has 100 valence electrons. The van der Waals surface area contributed by atoms with Gasteiger partial charge in [0, 0.05) is 0 Å². The molecule has 1 aromatic heterocycles. The molecule has 0 amide bonds. The Labute approximate surface area is 113 Å². The maximum Gasteiger partial charge on any atom is 0.333 e. The molecule has 3 aromatic rings. The zero-order valence-corrected chi connectivity index (χ0v) is 10.7. The molecule has 1 N–H and O–H groups in total. The van der Waals surface area contributed by atoms with Crippen molar-refractivity contribution in [1.29, 1.82) is 0 Å². The van der Waals surface area contributed by atoms with E-state index in [9.17, 15) is 14.0 Å². The second-order valence-corrected chi connectivity index (χ2v) is 4.57. The number of nitrogens with one attached hydrogen (secondary N) is 1. The Morgan fingerprint density at radius 1 is 1.10 bits per heavy atom. The van der Waals surface area contributed by atoms with Crippen LogP contribution in [0.3, 0.4) is 0 Å². The number of benzene rings is 2. The van der Waals surface area contributed by atoms with Gasteiger partial charge in [0.25, 0.3) is 5.56 Å². The summed E-state index contributed by atoms with van der Waals surface area (Å²) in [6.07, 6.45) is 0. The average Bonchev–Trinajstić information content (AvgIpc) is 2.42. The zero-order chi connectivity index (χ0) is 14.3. The van der Waals surface area contributed by atoms with Crippen molar-refractivity contribution in [2.75, 3.05) is 0 Å². The molecule has 0 radical (unpaired) electrons. The molecule has 1 heterocycles. The quantitative estimate of drug-likeness (QED) is 0.736. The second kappa shape index (κ2) is 4.45. The van der Waals surface area contributed by atoms with Gasteiger partial charge in [0.05, 0.1) is 16.6 Å². The van der Waals surface area contributed by atoms with E-state index >= 15 is 0 Å². The van der Waals surface area contributed by atoms with E-state index in [2.05, 4.69) is 4.98 Å². The average molecular weight is 270 g/mol. The van der Waals surface area contributed by atoms with Crippen LogP contribution in [0.4, 0.5) is 4.39 Å². The summed E-state index contributed by atoms with van der Waals surface area (Å²) in [5.41, 5.74) is 0.0936. The number of aryl methyl sites for hydroxylation is 1. The first-order valence-corrected chi connectivity index (χ1v) is 6.08. The van der Waals surface area contributed by atoms with Gasteiger partial charge in [0.2, 0.25) is 0 Å². The summed E-state index contributed by atoms with van der Waals surface area (Å²) in [6.45, 7) is 1.84. The Kier molecular flexibility index (Phi) is 2.75. The van der Waals surface area contributed by atoms with Crippen LogP contribution >= 0.6 is 0 Å². The van der Waals surface area contributed by atoms with Crippen molar-refractivity contribution in [3.63, 3.8) is 0 Å². The third-order valence-electron chi connectivity index (χ3n) is 3.15. The van der Waals surface area contributed by atoms with Gasteiger partial charge in [-0.2, -0.15) is 0 Å². The van der Waals surface area contributed by atoms with E-state index < -0.39 is 17.1 Å². The first-order valence-electron chi connectivity index (χ1n) is 6.08. The third kappa shape index (κ3) is 1.84. The summed E-state index contributed by atoms with van der Waals surface area (Å²) in [5.74, 6) is -0.618. The van der Waals surface area contributed by atoms with E-state index in [4.69, 9.17) is 0 Å². The van der Waals surface area contributed by atoms with Gasteiger partial charge >= 0.3 is 5.69 Å². The molecule has 20 heavy (non-hydrogen) atoms. The lowest BCUT2D eigenvalue weighted by molar-refractivity contribution is 0.613. The second-order valence-electron chi connectivity index (χ2n) is 4.57. The highest BCUT2D eigenvalue weighted by molar-refractivity contribution is 5.78. The van der Waals surface area contributed by atoms with Crippen molar-refractivity contribution in [2.45, 2.75) is 6.92 Å². The van der Waals surface area contributed by atoms with Gasteiger partial charge in [0.15, 0.2) is 0 Å². The number of nitrogens with zero attached hydrogens (tertiary/aromatic N) is 1. The summed E-state index contributed by atoms with van der Waals surface area (Å²) >= 11 is 0. The van der Waals surface area contributed by atoms with E-state index in [1.807, 2.05) is 6.92 Å². The Morgan fingerprint density at radius 3 is 2.60 bits per heavy atom. The lowest BCUT2D eigenvalue weighted by Crippen LogP contribution is -2.34. The van der Waals surface area contributed by atoms with Gasteiger partial charge in [-0.25, -0.2) is 13.8 Å². The minimum absolute atomic E-state index is 0.0536. The standard InChI is InChI=1S/C15H11FN2O2/c1-9-6-7-12-10(8-9)14(19)18(15(20)17-12)13-5-3-2-4-11(13)16/h2-8H,1H3,(H,17,20). The molecule has 0 bridgehead atoms. The largest absolute Gasteiger partial charge is 0.333 e. The molecule has 5 heteroatoms. The van der Waals surface area contributed by atoms with E-state index in [0.29, 0.717) is 10.9 Å². The van der Waals surface area contributed by atoms with E-state index in [0.717, 1.165) is 10.1 Å². The molecule has 0 aliphatic heterocycles. The van der Waals surface area contributed by atoms with Crippen molar-refractivity contribution in [1.82, 2.24) is 9.55 Å². The predicted molar refractivity (Wildman–Crippen MR) is 74.9 cm³/mol. The van der Waals surface area contributed by atoms with Gasteiger partial charge in [-0.3, -0.25) is 4.79 Å². The fraction of sp³-hybridized carbons (Fsp3) is 0.0667. The van der Waals surface area contributed by atoms with Crippen LogP contribution in [0.2, 0.25) is 0 Å². The van der Waals surface area contributed by atoms with Crippen LogP contribution in [0.5, 0.6) is 0 Å². The molecule has 0 aliphatic carbocycles. The molecular weight excluding hydrogens is 259 g/mol. The van der Waals surface area contributed by atoms with Crippen LogP contribution in [0, 0.1) is 12.7 Å². The summed E-state index contributed by atoms with van der Waals surface area (Å²) < 4.78 is 14.6. The van der Waals surface area contributed by atoms with E-state index in [1.165, 1.54) is 18.2 Å². The first-order chi connectivity index (χ1) is 9.58. The van der Waals surface area contributed by atoms with Gasteiger partial charge in [-0.1, -0.05) is 23.8 Å². The maximum atomic E-state index is 13.8. The Hall–Kier alpha value is -2.69. The number of aromatic nitrogens is 2. The molecule has 4 nitrogen and oxygen atoms in total. The molecule has 0 spiro atoms. The van der Waals surface area contributed by atoms with Gasteiger partial charge in [-0.05, 0) is 31.2 Å². The minimum Gasteiger partial charge on any atom is -0.306 e. The maximum absolute atomic E-state index is 13.8. The van der Waals surface area contributed by atoms with Crippen LogP contribution < -0.4 is 11.2 Å². The molecule has 0 saturated carbocycles. The smallest absolute Gasteiger partial charge is 0.306 e. The van der Waals surface area contributed by atoms with Gasteiger partial charge < -0.3 is 4.98 Å². The van der Waals surface area contributed by atoms with Crippen molar-refractivity contribution in [2.24, 2.45) is 0 Å². The third-order valence-corrected chi connectivity index (χ3v) is 3.15. The van der Waals surface area contributed by atoms with Crippen molar-refractivity contribution in [3.05, 3.63) is 74.7 Å². The van der Waals surface area contributed by atoms with Gasteiger partial charge in [-0.15, -0.1) is 0 Å². The van der Waals surface area contributed by atoms with Crippen LogP contribution in [0.15, 0.2) is 52.1 Å². The number of H-pyrrole nitrogens is 1. The molecule has 0 saturated heterocycles. The Morgan fingerprint density at radius 2 is 1.85 bits per heavy atom. The molecular formula is C15H11FN2O2. The number of aromatic amines is 1. The van der Waals surface area contributed by atoms with Gasteiger partial charge in [0.1, 0.15) is 5.82 Å². The van der Waals surface area contributed by atoms with Crippen LogP contribution in [0.25, 0.3) is 16.6 Å². The van der Waals surface area contributed by atoms with Crippen LogP contribution in [-0.4, -0.2) is 9.55 Å². The topological polar surface area (TPSA) is 54.9 Å². The molecule has 2 aromatic carbocycles. The Balaban J connectivity index is 2.46. The lowest BCUT2D eigenvalue weighted by Gasteiger charge is -2.07. The number of fused-ring (bicyclic) bond motifs is 1. The SMILES string of the molecule is Cc1ccc2[nH]c(=O)n(-c3ccccc3F)c(=O)c2c1. The summed E-state index contributed by atoms with van der Waals surface area (Å²) in [4.78, 5) is 27.1.